The van der Waals surface area contributed by atoms with Gasteiger partial charge in [-0.05, 0) is 58.5 Å². The monoisotopic (exact) mass is 378 g/mol. The van der Waals surface area contributed by atoms with Gasteiger partial charge in [-0.15, -0.1) is 0 Å². The quantitative estimate of drug-likeness (QED) is 0.669. The molecule has 17 heavy (non-hydrogen) atoms. The lowest BCUT2D eigenvalue weighted by Gasteiger charge is -2.08. The molecule has 1 nitrogen and oxygen atoms in total. The van der Waals surface area contributed by atoms with Crippen molar-refractivity contribution in [3.63, 3.8) is 0 Å². The van der Waals surface area contributed by atoms with Crippen LogP contribution in [0.3, 0.4) is 0 Å². The van der Waals surface area contributed by atoms with Gasteiger partial charge in [-0.2, -0.15) is 0 Å². The molecule has 0 aromatic heterocycles. The molecule has 0 unspecified atom stereocenters. The van der Waals surface area contributed by atoms with Crippen LogP contribution in [0, 0.1) is 3.57 Å². The third-order valence-corrected chi connectivity index (χ3v) is 3.45. The van der Waals surface area contributed by atoms with Crippen molar-refractivity contribution in [2.75, 3.05) is 0 Å². The zero-order chi connectivity index (χ0) is 12.3. The average molecular weight is 379 g/mol. The molecule has 0 bridgehead atoms. The highest BCUT2D eigenvalue weighted by molar-refractivity contribution is 14.1. The van der Waals surface area contributed by atoms with Crippen LogP contribution in [0.5, 0.6) is 5.75 Å². The Morgan fingerprint density at radius 2 is 1.71 bits per heavy atom. The first kappa shape index (κ1) is 13.0. The summed E-state index contributed by atoms with van der Waals surface area (Å²) in [6.07, 6.45) is 0. The Kier molecular flexibility index (Phi) is 4.54. The fourth-order valence-corrected chi connectivity index (χ4v) is 2.16. The summed E-state index contributed by atoms with van der Waals surface area (Å²) in [6.45, 7) is 0.498. The molecule has 2 rings (SSSR count). The van der Waals surface area contributed by atoms with Crippen LogP contribution in [0.1, 0.15) is 5.56 Å². The zero-order valence-corrected chi connectivity index (χ0v) is 12.5. The molecule has 0 fully saturated rings. The lowest BCUT2D eigenvalue weighted by molar-refractivity contribution is 0.306. The van der Waals surface area contributed by atoms with Crippen LogP contribution in [-0.2, 0) is 6.61 Å². The predicted molar refractivity (Wildman–Crippen MR) is 80.0 cm³/mol. The fourth-order valence-electron chi connectivity index (χ4n) is 1.33. The van der Waals surface area contributed by atoms with Crippen LogP contribution in [0.2, 0.25) is 10.0 Å². The van der Waals surface area contributed by atoms with Gasteiger partial charge in [0.15, 0.2) is 0 Å². The smallest absolute Gasteiger partial charge is 0.138 e. The van der Waals surface area contributed by atoms with Gasteiger partial charge in [0.2, 0.25) is 0 Å². The minimum Gasteiger partial charge on any atom is -0.487 e. The zero-order valence-electron chi connectivity index (χ0n) is 8.79. The molecular weight excluding hydrogens is 370 g/mol. The number of hydrogen-bond donors (Lipinski definition) is 0. The summed E-state index contributed by atoms with van der Waals surface area (Å²) in [5, 5.41) is 1.14. The molecule has 0 saturated heterocycles. The molecule has 0 amide bonds. The van der Waals surface area contributed by atoms with Gasteiger partial charge in [-0.3, -0.25) is 0 Å². The van der Waals surface area contributed by atoms with Crippen LogP contribution in [0.4, 0.5) is 0 Å². The van der Waals surface area contributed by atoms with Gasteiger partial charge in [-0.1, -0.05) is 35.3 Å². The van der Waals surface area contributed by atoms with Crippen molar-refractivity contribution < 1.29 is 4.74 Å². The topological polar surface area (TPSA) is 9.23 Å². The van der Waals surface area contributed by atoms with Gasteiger partial charge in [0.25, 0.3) is 0 Å². The fraction of sp³-hybridized carbons (Fsp3) is 0.0769. The molecule has 0 aliphatic rings. The minimum atomic E-state index is 0.498. The SMILES string of the molecule is Clc1ccc(OCc2ccc(I)cc2)c(Cl)c1. The van der Waals surface area contributed by atoms with Crippen LogP contribution in [0.15, 0.2) is 42.5 Å². The predicted octanol–water partition coefficient (Wildman–Crippen LogP) is 5.18. The van der Waals surface area contributed by atoms with Crippen molar-refractivity contribution in [3.05, 3.63) is 61.6 Å². The lowest BCUT2D eigenvalue weighted by atomic mass is 10.2. The molecule has 88 valence electrons. The Labute approximate surface area is 124 Å². The summed E-state index contributed by atoms with van der Waals surface area (Å²) in [4.78, 5) is 0. The number of ether oxygens (including phenoxy) is 1. The number of halogens is 3. The van der Waals surface area contributed by atoms with Gasteiger partial charge < -0.3 is 4.74 Å². The molecule has 0 aliphatic carbocycles. The lowest BCUT2D eigenvalue weighted by Crippen LogP contribution is -1.95. The van der Waals surface area contributed by atoms with Crippen molar-refractivity contribution in [1.29, 1.82) is 0 Å². The van der Waals surface area contributed by atoms with Crippen LogP contribution < -0.4 is 4.74 Å². The number of hydrogen-bond acceptors (Lipinski definition) is 1. The molecule has 0 atom stereocenters. The summed E-state index contributed by atoms with van der Waals surface area (Å²) >= 11 is 14.1. The Bertz CT molecular complexity index is 511. The Balaban J connectivity index is 2.04. The average Bonchev–Trinajstić information content (AvgIpc) is 2.30. The molecule has 2 aromatic carbocycles. The molecule has 0 radical (unpaired) electrons. The van der Waals surface area contributed by atoms with Gasteiger partial charge in [-0.25, -0.2) is 0 Å². The standard InChI is InChI=1S/C13H9Cl2IO/c14-10-3-6-13(12(15)7-10)17-8-9-1-4-11(16)5-2-9/h1-7H,8H2. The molecule has 0 spiro atoms. The largest absolute Gasteiger partial charge is 0.487 e. The number of rotatable bonds is 3. The second kappa shape index (κ2) is 5.94. The van der Waals surface area contributed by atoms with E-state index in [4.69, 9.17) is 27.9 Å². The van der Waals surface area contributed by atoms with Gasteiger partial charge in [0.1, 0.15) is 12.4 Å². The number of benzene rings is 2. The van der Waals surface area contributed by atoms with E-state index in [1.54, 1.807) is 18.2 Å². The van der Waals surface area contributed by atoms with E-state index in [1.807, 2.05) is 24.3 Å². The Hall–Kier alpha value is -0.450. The summed E-state index contributed by atoms with van der Waals surface area (Å²) in [5.74, 6) is 0.648. The molecule has 4 heteroatoms. The maximum atomic E-state index is 6.01. The van der Waals surface area contributed by atoms with E-state index in [0.29, 0.717) is 22.4 Å². The van der Waals surface area contributed by atoms with Crippen molar-refractivity contribution in [2.45, 2.75) is 6.61 Å². The maximum absolute atomic E-state index is 6.01. The molecule has 0 aliphatic heterocycles. The Morgan fingerprint density at radius 1 is 1.00 bits per heavy atom. The van der Waals surface area contributed by atoms with Crippen molar-refractivity contribution in [2.24, 2.45) is 0 Å². The van der Waals surface area contributed by atoms with E-state index in [2.05, 4.69) is 22.6 Å². The van der Waals surface area contributed by atoms with Crippen molar-refractivity contribution in [1.82, 2.24) is 0 Å². The van der Waals surface area contributed by atoms with Crippen molar-refractivity contribution in [3.8, 4) is 5.75 Å². The van der Waals surface area contributed by atoms with E-state index in [9.17, 15) is 0 Å². The van der Waals surface area contributed by atoms with Crippen LogP contribution in [0.25, 0.3) is 0 Å². The normalized spacial score (nSPS) is 10.3. The minimum absolute atomic E-state index is 0.498. The first-order valence-electron chi connectivity index (χ1n) is 4.97. The Morgan fingerprint density at radius 3 is 2.35 bits per heavy atom. The summed E-state index contributed by atoms with van der Waals surface area (Å²) in [6, 6.07) is 13.4. The van der Waals surface area contributed by atoms with Gasteiger partial charge in [0, 0.05) is 8.59 Å². The highest BCUT2D eigenvalue weighted by Crippen LogP contribution is 2.28. The highest BCUT2D eigenvalue weighted by atomic mass is 127. The van der Waals surface area contributed by atoms with Crippen LogP contribution in [-0.4, -0.2) is 0 Å². The summed E-state index contributed by atoms with van der Waals surface area (Å²) < 4.78 is 6.83. The first-order valence-corrected chi connectivity index (χ1v) is 6.81. The second-order valence-electron chi connectivity index (χ2n) is 3.49. The van der Waals surface area contributed by atoms with E-state index in [0.717, 1.165) is 5.56 Å². The first-order chi connectivity index (χ1) is 8.15. The van der Waals surface area contributed by atoms with E-state index in [1.165, 1.54) is 3.57 Å². The highest BCUT2D eigenvalue weighted by Gasteiger charge is 2.02. The molecule has 0 saturated carbocycles. The molecule has 0 heterocycles. The van der Waals surface area contributed by atoms with E-state index < -0.39 is 0 Å². The second-order valence-corrected chi connectivity index (χ2v) is 5.58. The van der Waals surface area contributed by atoms with Gasteiger partial charge in [0.05, 0.1) is 5.02 Å². The molecule has 0 N–H and O–H groups in total. The summed E-state index contributed by atoms with van der Waals surface area (Å²) in [5.41, 5.74) is 1.11. The van der Waals surface area contributed by atoms with Gasteiger partial charge >= 0.3 is 0 Å². The molecular formula is C13H9Cl2IO. The van der Waals surface area contributed by atoms with Crippen molar-refractivity contribution >= 4 is 45.8 Å². The van der Waals surface area contributed by atoms with Crippen LogP contribution >= 0.6 is 45.8 Å². The molecule has 2 aromatic rings. The third kappa shape index (κ3) is 3.76. The third-order valence-electron chi connectivity index (χ3n) is 2.20. The summed E-state index contributed by atoms with van der Waals surface area (Å²) in [7, 11) is 0. The van der Waals surface area contributed by atoms with E-state index in [-0.39, 0.29) is 0 Å². The maximum Gasteiger partial charge on any atom is 0.138 e. The van der Waals surface area contributed by atoms with E-state index >= 15 is 0 Å².